The van der Waals surface area contributed by atoms with Crippen LogP contribution in [-0.2, 0) is 7.05 Å². The normalized spacial score (nSPS) is 10.4. The molecule has 0 saturated heterocycles. The molecule has 4 nitrogen and oxygen atoms in total. The lowest BCUT2D eigenvalue weighted by molar-refractivity contribution is 0.707. The molecule has 0 unspecified atom stereocenters. The predicted octanol–water partition coefficient (Wildman–Crippen LogP) is 1.79. The third-order valence-corrected chi connectivity index (χ3v) is 2.92. The molecule has 82 valence electrons. The smallest absolute Gasteiger partial charge is 0.275 e. The van der Waals surface area contributed by atoms with E-state index >= 15 is 0 Å². The number of anilines is 1. The summed E-state index contributed by atoms with van der Waals surface area (Å²) in [7, 11) is 1.61. The molecule has 0 fully saturated rings. The van der Waals surface area contributed by atoms with Gasteiger partial charge in [-0.25, -0.2) is 4.68 Å². The van der Waals surface area contributed by atoms with E-state index < -0.39 is 0 Å². The number of benzene rings is 1. The molecule has 16 heavy (non-hydrogen) atoms. The Labute approximate surface area is 101 Å². The molecule has 2 aromatic rings. The van der Waals surface area contributed by atoms with Crippen LogP contribution in [0.4, 0.5) is 5.69 Å². The quantitative estimate of drug-likeness (QED) is 0.810. The molecule has 1 aromatic heterocycles. The van der Waals surface area contributed by atoms with Gasteiger partial charge in [0.2, 0.25) is 0 Å². The van der Waals surface area contributed by atoms with Gasteiger partial charge in [-0.3, -0.25) is 4.79 Å². The molecule has 0 spiro atoms. The van der Waals surface area contributed by atoms with Gasteiger partial charge in [0.05, 0.1) is 16.2 Å². The number of hydrogen-bond acceptors (Lipinski definition) is 3. The van der Waals surface area contributed by atoms with Gasteiger partial charge in [0.1, 0.15) is 0 Å². The number of halogens is 1. The first-order chi connectivity index (χ1) is 7.61. The van der Waals surface area contributed by atoms with Crippen LogP contribution in [0.5, 0.6) is 0 Å². The lowest BCUT2D eigenvalue weighted by Crippen LogP contribution is -2.21. The molecule has 0 saturated carbocycles. The lowest BCUT2D eigenvalue weighted by atomic mass is 10.1. The second-order valence-corrected chi connectivity index (χ2v) is 4.24. The summed E-state index contributed by atoms with van der Waals surface area (Å²) < 4.78 is 1.93. The van der Waals surface area contributed by atoms with Crippen LogP contribution < -0.4 is 11.3 Å². The fraction of sp³-hybridized carbons (Fsp3) is 0.0909. The van der Waals surface area contributed by atoms with Crippen LogP contribution in [0.15, 0.2) is 39.7 Å². The minimum atomic E-state index is -0.174. The molecular weight excluding hydrogens is 270 g/mol. The number of para-hydroxylation sites is 1. The Bertz CT molecular complexity index is 592. The van der Waals surface area contributed by atoms with Gasteiger partial charge in [0.15, 0.2) is 0 Å². The van der Waals surface area contributed by atoms with Gasteiger partial charge < -0.3 is 5.73 Å². The Morgan fingerprint density at radius 1 is 1.38 bits per heavy atom. The van der Waals surface area contributed by atoms with E-state index in [1.807, 2.05) is 18.2 Å². The van der Waals surface area contributed by atoms with Crippen molar-refractivity contribution in [2.45, 2.75) is 0 Å². The highest BCUT2D eigenvalue weighted by Crippen LogP contribution is 2.28. The van der Waals surface area contributed by atoms with Gasteiger partial charge in [0, 0.05) is 18.3 Å². The molecule has 0 atom stereocenters. The molecule has 0 radical (unpaired) electrons. The number of aromatic nitrogens is 2. The van der Waals surface area contributed by atoms with Crippen molar-refractivity contribution in [3.05, 3.63) is 45.3 Å². The zero-order valence-electron chi connectivity index (χ0n) is 8.64. The van der Waals surface area contributed by atoms with Crippen LogP contribution in [0.2, 0.25) is 0 Å². The topological polar surface area (TPSA) is 60.9 Å². The standard InChI is InChI=1S/C11H10BrN3O/c1-15-11(16)10(8(12)6-14-15)7-4-2-3-5-9(7)13/h2-6H,13H2,1H3. The minimum absolute atomic E-state index is 0.174. The molecule has 2 N–H and O–H groups in total. The highest BCUT2D eigenvalue weighted by atomic mass is 79.9. The SMILES string of the molecule is Cn1ncc(Br)c(-c2ccccc2N)c1=O. The highest BCUT2D eigenvalue weighted by molar-refractivity contribution is 9.10. The number of nitrogens with two attached hydrogens (primary N) is 1. The number of nitrogen functional groups attached to an aromatic ring is 1. The maximum absolute atomic E-state index is 12.0. The maximum Gasteiger partial charge on any atom is 0.275 e. The third kappa shape index (κ3) is 1.74. The summed E-state index contributed by atoms with van der Waals surface area (Å²) in [4.78, 5) is 12.0. The largest absolute Gasteiger partial charge is 0.398 e. The van der Waals surface area contributed by atoms with E-state index in [1.54, 1.807) is 19.3 Å². The molecular formula is C11H10BrN3O. The van der Waals surface area contributed by atoms with Crippen molar-refractivity contribution in [3.8, 4) is 11.1 Å². The summed E-state index contributed by atoms with van der Waals surface area (Å²) in [6.45, 7) is 0. The number of rotatable bonds is 1. The van der Waals surface area contributed by atoms with Crippen LogP contribution in [0.1, 0.15) is 0 Å². The van der Waals surface area contributed by atoms with Gasteiger partial charge in [-0.05, 0) is 22.0 Å². The van der Waals surface area contributed by atoms with Crippen molar-refractivity contribution >= 4 is 21.6 Å². The first kappa shape index (κ1) is 10.9. The lowest BCUT2D eigenvalue weighted by Gasteiger charge is -2.07. The molecule has 1 aromatic carbocycles. The monoisotopic (exact) mass is 279 g/mol. The summed E-state index contributed by atoms with van der Waals surface area (Å²) in [5, 5.41) is 3.91. The van der Waals surface area contributed by atoms with Crippen molar-refractivity contribution < 1.29 is 0 Å². The van der Waals surface area contributed by atoms with E-state index in [0.717, 1.165) is 5.56 Å². The van der Waals surface area contributed by atoms with Gasteiger partial charge in [0.25, 0.3) is 5.56 Å². The van der Waals surface area contributed by atoms with Gasteiger partial charge in [-0.2, -0.15) is 5.10 Å². The number of aryl methyl sites for hydroxylation is 1. The van der Waals surface area contributed by atoms with Crippen molar-refractivity contribution in [1.82, 2.24) is 9.78 Å². The minimum Gasteiger partial charge on any atom is -0.398 e. The fourth-order valence-electron chi connectivity index (χ4n) is 1.49. The third-order valence-electron chi connectivity index (χ3n) is 2.32. The molecule has 0 aliphatic carbocycles. The van der Waals surface area contributed by atoms with Crippen LogP contribution in [0.25, 0.3) is 11.1 Å². The maximum atomic E-state index is 12.0. The predicted molar refractivity (Wildman–Crippen MR) is 67.0 cm³/mol. The van der Waals surface area contributed by atoms with Crippen LogP contribution in [0, 0.1) is 0 Å². The van der Waals surface area contributed by atoms with Crippen molar-refractivity contribution in [1.29, 1.82) is 0 Å². The van der Waals surface area contributed by atoms with E-state index in [9.17, 15) is 4.79 Å². The second kappa shape index (κ2) is 4.09. The Morgan fingerprint density at radius 2 is 2.06 bits per heavy atom. The van der Waals surface area contributed by atoms with Crippen molar-refractivity contribution in [2.24, 2.45) is 7.05 Å². The zero-order chi connectivity index (χ0) is 11.7. The van der Waals surface area contributed by atoms with Crippen LogP contribution in [-0.4, -0.2) is 9.78 Å². The zero-order valence-corrected chi connectivity index (χ0v) is 10.2. The van der Waals surface area contributed by atoms with Crippen LogP contribution in [0.3, 0.4) is 0 Å². The summed E-state index contributed by atoms with van der Waals surface area (Å²) in [5.41, 5.74) is 7.51. The van der Waals surface area contributed by atoms with E-state index in [-0.39, 0.29) is 5.56 Å². The molecule has 0 bridgehead atoms. The van der Waals surface area contributed by atoms with Crippen LogP contribution >= 0.6 is 15.9 Å². The summed E-state index contributed by atoms with van der Waals surface area (Å²) >= 11 is 3.32. The Kier molecular flexibility index (Phi) is 2.78. The molecule has 0 amide bonds. The van der Waals surface area contributed by atoms with Gasteiger partial charge >= 0.3 is 0 Å². The molecule has 5 heteroatoms. The van der Waals surface area contributed by atoms with E-state index in [1.165, 1.54) is 4.68 Å². The van der Waals surface area contributed by atoms with Crippen molar-refractivity contribution in [2.75, 3.05) is 5.73 Å². The molecule has 0 aliphatic heterocycles. The molecule has 1 heterocycles. The Hall–Kier alpha value is -1.62. The summed E-state index contributed by atoms with van der Waals surface area (Å²) in [5.74, 6) is 0. The highest BCUT2D eigenvalue weighted by Gasteiger charge is 2.12. The average molecular weight is 280 g/mol. The number of hydrogen-bond donors (Lipinski definition) is 1. The fourth-order valence-corrected chi connectivity index (χ4v) is 1.96. The van der Waals surface area contributed by atoms with E-state index in [2.05, 4.69) is 21.0 Å². The second-order valence-electron chi connectivity index (χ2n) is 3.38. The van der Waals surface area contributed by atoms with E-state index in [0.29, 0.717) is 15.7 Å². The Morgan fingerprint density at radius 3 is 2.75 bits per heavy atom. The molecule has 2 rings (SSSR count). The summed E-state index contributed by atoms with van der Waals surface area (Å²) in [6, 6.07) is 7.26. The van der Waals surface area contributed by atoms with Crippen molar-refractivity contribution in [3.63, 3.8) is 0 Å². The number of nitrogens with zero attached hydrogens (tertiary/aromatic N) is 2. The Balaban J connectivity index is 2.79. The van der Waals surface area contributed by atoms with Gasteiger partial charge in [-0.1, -0.05) is 18.2 Å². The van der Waals surface area contributed by atoms with Gasteiger partial charge in [-0.15, -0.1) is 0 Å². The summed E-state index contributed by atoms with van der Waals surface area (Å²) in [6.07, 6.45) is 1.59. The van der Waals surface area contributed by atoms with E-state index in [4.69, 9.17) is 5.73 Å². The first-order valence-corrected chi connectivity index (χ1v) is 5.47. The first-order valence-electron chi connectivity index (χ1n) is 4.68. The average Bonchev–Trinajstić information content (AvgIpc) is 2.27. The molecule has 0 aliphatic rings.